The summed E-state index contributed by atoms with van der Waals surface area (Å²) in [6, 6.07) is 20.0. The second kappa shape index (κ2) is 12.5. The highest BCUT2D eigenvalue weighted by Gasteiger charge is 2.20. The lowest BCUT2D eigenvalue weighted by molar-refractivity contribution is -0.119. The average molecular weight is 594 g/mol. The van der Waals surface area contributed by atoms with Crippen LogP contribution in [0.2, 0.25) is 5.02 Å². The molecule has 0 heterocycles. The number of hydrazone groups is 1. The molecule has 0 aromatic heterocycles. The van der Waals surface area contributed by atoms with Gasteiger partial charge in [0.05, 0.1) is 18.2 Å². The number of nitrogens with one attached hydrogen (secondary N) is 2. The van der Waals surface area contributed by atoms with E-state index in [0.29, 0.717) is 27.7 Å². The van der Waals surface area contributed by atoms with Gasteiger partial charge in [-0.2, -0.15) is 5.10 Å². The lowest BCUT2D eigenvalue weighted by Crippen LogP contribution is -2.38. The maximum atomic E-state index is 12.3. The summed E-state index contributed by atoms with van der Waals surface area (Å²) in [4.78, 5) is 24.3. The summed E-state index contributed by atoms with van der Waals surface area (Å²) in [5, 5.41) is 7.07. The van der Waals surface area contributed by atoms with Gasteiger partial charge in [0, 0.05) is 15.2 Å². The fraction of sp³-hybridized carbons (Fsp3) is 0.125. The molecule has 0 fully saturated rings. The molecule has 188 valence electrons. The number of sulfonamides is 1. The Hall–Kier alpha value is -3.41. The van der Waals surface area contributed by atoms with Gasteiger partial charge in [-0.05, 0) is 72.3 Å². The largest absolute Gasteiger partial charge is 0.484 e. The number of hydrogen-bond donors (Lipinski definition) is 2. The first kappa shape index (κ1) is 27.2. The number of nitrogens with zero attached hydrogens (tertiary/aromatic N) is 2. The zero-order valence-electron chi connectivity index (χ0n) is 19.0. The van der Waals surface area contributed by atoms with Crippen LogP contribution in [-0.4, -0.2) is 45.9 Å². The fourth-order valence-corrected chi connectivity index (χ4v) is 4.23. The van der Waals surface area contributed by atoms with Crippen LogP contribution in [0.5, 0.6) is 5.75 Å². The number of hydrogen-bond acceptors (Lipinski definition) is 6. The van der Waals surface area contributed by atoms with Crippen LogP contribution in [0.3, 0.4) is 0 Å². The van der Waals surface area contributed by atoms with E-state index < -0.39 is 22.5 Å². The Balaban J connectivity index is 1.49. The summed E-state index contributed by atoms with van der Waals surface area (Å²) < 4.78 is 31.5. The SMILES string of the molecule is CS(=O)(=O)N(CC(=O)N/N=C\c1ccc(OCC(=O)Nc2cccc(Cl)c2)cc1)c1ccc(Br)cc1. The van der Waals surface area contributed by atoms with Crippen LogP contribution < -0.4 is 19.8 Å². The van der Waals surface area contributed by atoms with Crippen molar-refractivity contribution in [3.63, 3.8) is 0 Å². The number of ether oxygens (including phenoxy) is 1. The van der Waals surface area contributed by atoms with Gasteiger partial charge in [-0.25, -0.2) is 13.8 Å². The Morgan fingerprint density at radius 2 is 1.75 bits per heavy atom. The lowest BCUT2D eigenvalue weighted by atomic mass is 10.2. The summed E-state index contributed by atoms with van der Waals surface area (Å²) in [5.74, 6) is -0.474. The summed E-state index contributed by atoms with van der Waals surface area (Å²) in [7, 11) is -3.68. The molecule has 0 aliphatic carbocycles. The number of carbonyl (C=O) groups is 2. The molecule has 0 saturated heterocycles. The molecule has 0 aliphatic rings. The van der Waals surface area contributed by atoms with E-state index in [2.05, 4.69) is 31.8 Å². The highest BCUT2D eigenvalue weighted by molar-refractivity contribution is 9.10. The third-order valence-electron chi connectivity index (χ3n) is 4.56. The Labute approximate surface area is 222 Å². The Morgan fingerprint density at radius 1 is 1.06 bits per heavy atom. The molecule has 2 amide bonds. The minimum absolute atomic E-state index is 0.189. The van der Waals surface area contributed by atoms with Crippen molar-refractivity contribution in [2.24, 2.45) is 5.10 Å². The molecule has 0 atom stereocenters. The van der Waals surface area contributed by atoms with E-state index in [1.165, 1.54) is 6.21 Å². The van der Waals surface area contributed by atoms with E-state index in [-0.39, 0.29) is 12.5 Å². The van der Waals surface area contributed by atoms with Crippen LogP contribution in [0.4, 0.5) is 11.4 Å². The van der Waals surface area contributed by atoms with Crippen molar-refractivity contribution in [3.8, 4) is 5.75 Å². The van der Waals surface area contributed by atoms with Gasteiger partial charge >= 0.3 is 0 Å². The lowest BCUT2D eigenvalue weighted by Gasteiger charge is -2.21. The molecule has 36 heavy (non-hydrogen) atoms. The Bertz CT molecular complexity index is 1350. The second-order valence-electron chi connectivity index (χ2n) is 7.46. The van der Waals surface area contributed by atoms with Gasteiger partial charge in [-0.1, -0.05) is 33.6 Å². The standard InChI is InChI=1S/C24H22BrClN4O5S/c1-36(33,34)30(21-9-7-18(25)8-10-21)15-23(31)29-27-14-17-5-11-22(12-6-17)35-16-24(32)28-20-4-2-3-19(26)13-20/h2-14H,15-16H2,1H3,(H,28,32)(H,29,31)/b27-14-. The summed E-state index contributed by atoms with van der Waals surface area (Å²) in [6.07, 6.45) is 2.42. The smallest absolute Gasteiger partial charge is 0.262 e. The first-order valence-corrected chi connectivity index (χ1v) is 13.5. The van der Waals surface area contributed by atoms with E-state index in [0.717, 1.165) is 15.0 Å². The van der Waals surface area contributed by atoms with Crippen molar-refractivity contribution in [2.45, 2.75) is 0 Å². The quantitative estimate of drug-likeness (QED) is 0.272. The third kappa shape index (κ3) is 8.67. The third-order valence-corrected chi connectivity index (χ3v) is 6.47. The van der Waals surface area contributed by atoms with Crippen molar-refractivity contribution in [1.29, 1.82) is 0 Å². The summed E-state index contributed by atoms with van der Waals surface area (Å²) in [5.41, 5.74) is 3.90. The highest BCUT2D eigenvalue weighted by Crippen LogP contribution is 2.20. The van der Waals surface area contributed by atoms with Gasteiger partial charge in [-0.3, -0.25) is 13.9 Å². The van der Waals surface area contributed by atoms with E-state index in [4.69, 9.17) is 16.3 Å². The van der Waals surface area contributed by atoms with Crippen molar-refractivity contribution in [1.82, 2.24) is 5.43 Å². The van der Waals surface area contributed by atoms with Gasteiger partial charge < -0.3 is 10.1 Å². The minimum atomic E-state index is -3.68. The van der Waals surface area contributed by atoms with Gasteiger partial charge in [-0.15, -0.1) is 0 Å². The first-order chi connectivity index (χ1) is 17.1. The highest BCUT2D eigenvalue weighted by atomic mass is 79.9. The summed E-state index contributed by atoms with van der Waals surface area (Å²) in [6.45, 7) is -0.618. The predicted molar refractivity (Wildman–Crippen MR) is 144 cm³/mol. The van der Waals surface area contributed by atoms with Crippen molar-refractivity contribution < 1.29 is 22.7 Å². The maximum Gasteiger partial charge on any atom is 0.262 e. The minimum Gasteiger partial charge on any atom is -0.484 e. The molecule has 0 spiro atoms. The number of amides is 2. The molecular weight excluding hydrogens is 572 g/mol. The van der Waals surface area contributed by atoms with E-state index in [1.54, 1.807) is 72.8 Å². The molecule has 9 nitrogen and oxygen atoms in total. The zero-order valence-corrected chi connectivity index (χ0v) is 22.2. The van der Waals surface area contributed by atoms with E-state index in [1.807, 2.05) is 0 Å². The first-order valence-electron chi connectivity index (χ1n) is 10.4. The topological polar surface area (TPSA) is 117 Å². The number of rotatable bonds is 10. The molecule has 0 bridgehead atoms. The number of benzene rings is 3. The van der Waals surface area contributed by atoms with E-state index in [9.17, 15) is 18.0 Å². The molecule has 0 saturated carbocycles. The maximum absolute atomic E-state index is 12.3. The average Bonchev–Trinajstić information content (AvgIpc) is 2.82. The zero-order chi connectivity index (χ0) is 26.1. The van der Waals surface area contributed by atoms with Crippen LogP contribution in [0.1, 0.15) is 5.56 Å². The molecule has 12 heteroatoms. The monoisotopic (exact) mass is 592 g/mol. The molecule has 0 radical (unpaired) electrons. The van der Waals surface area contributed by atoms with Crippen molar-refractivity contribution >= 4 is 67.0 Å². The number of anilines is 2. The molecule has 2 N–H and O–H groups in total. The van der Waals surface area contributed by atoms with Crippen molar-refractivity contribution in [2.75, 3.05) is 29.0 Å². The molecule has 3 rings (SSSR count). The normalized spacial score (nSPS) is 11.2. The molecule has 3 aromatic carbocycles. The van der Waals surface area contributed by atoms with Crippen LogP contribution in [-0.2, 0) is 19.6 Å². The molecule has 0 aliphatic heterocycles. The molecular formula is C24H22BrClN4O5S. The van der Waals surface area contributed by atoms with Gasteiger partial charge in [0.1, 0.15) is 12.3 Å². The fourth-order valence-electron chi connectivity index (χ4n) is 2.91. The molecule has 3 aromatic rings. The van der Waals surface area contributed by atoms with Crippen LogP contribution >= 0.6 is 27.5 Å². The second-order valence-corrected chi connectivity index (χ2v) is 10.7. The Morgan fingerprint density at radius 3 is 2.39 bits per heavy atom. The number of halogens is 2. The van der Waals surface area contributed by atoms with Crippen molar-refractivity contribution in [3.05, 3.63) is 87.9 Å². The van der Waals surface area contributed by atoms with Crippen LogP contribution in [0.25, 0.3) is 0 Å². The van der Waals surface area contributed by atoms with E-state index >= 15 is 0 Å². The van der Waals surface area contributed by atoms with Gasteiger partial charge in [0.25, 0.3) is 11.8 Å². The Kier molecular flexibility index (Phi) is 9.45. The summed E-state index contributed by atoms with van der Waals surface area (Å²) >= 11 is 9.19. The van der Waals surface area contributed by atoms with Gasteiger partial charge in [0.15, 0.2) is 6.61 Å². The predicted octanol–water partition coefficient (Wildman–Crippen LogP) is 4.04. The van der Waals surface area contributed by atoms with Gasteiger partial charge in [0.2, 0.25) is 10.0 Å². The number of carbonyl (C=O) groups excluding carboxylic acids is 2. The molecule has 0 unspecified atom stereocenters. The van der Waals surface area contributed by atoms with Crippen LogP contribution in [0.15, 0.2) is 82.4 Å². The van der Waals surface area contributed by atoms with Crippen LogP contribution in [0, 0.1) is 0 Å².